The van der Waals surface area contributed by atoms with Crippen LogP contribution in [-0.4, -0.2) is 51.3 Å². The van der Waals surface area contributed by atoms with E-state index in [4.69, 9.17) is 4.74 Å². The number of anilines is 2. The van der Waals surface area contributed by atoms with E-state index < -0.39 is 40.2 Å². The van der Waals surface area contributed by atoms with E-state index in [1.165, 1.54) is 0 Å². The molecule has 0 aliphatic carbocycles. The Bertz CT molecular complexity index is 1370. The average molecular weight is 534 g/mol. The summed E-state index contributed by atoms with van der Waals surface area (Å²) in [6.45, 7) is 0.699. The van der Waals surface area contributed by atoms with Crippen molar-refractivity contribution in [1.29, 1.82) is 0 Å². The van der Waals surface area contributed by atoms with Crippen LogP contribution in [0.1, 0.15) is 0 Å². The lowest BCUT2D eigenvalue weighted by Crippen LogP contribution is -2.57. The molecule has 5 rings (SSSR count). The molecule has 3 aromatic carbocycles. The van der Waals surface area contributed by atoms with Crippen molar-refractivity contribution in [1.82, 2.24) is 5.32 Å². The van der Waals surface area contributed by atoms with Gasteiger partial charge in [-0.1, -0.05) is 24.3 Å². The molecule has 1 saturated heterocycles. The topological polar surface area (TPSA) is 100 Å². The molecule has 2 aliphatic rings. The van der Waals surface area contributed by atoms with E-state index in [2.05, 4.69) is 14.5 Å². The molecule has 0 aromatic heterocycles. The van der Waals surface area contributed by atoms with Crippen molar-refractivity contribution in [3.63, 3.8) is 0 Å². The van der Waals surface area contributed by atoms with Crippen LogP contribution >= 0.6 is 0 Å². The van der Waals surface area contributed by atoms with Crippen molar-refractivity contribution in [3.05, 3.63) is 72.8 Å². The Hall–Kier alpha value is -3.61. The Labute approximate surface area is 211 Å². The van der Waals surface area contributed by atoms with Gasteiger partial charge in [-0.3, -0.25) is 0 Å². The van der Waals surface area contributed by atoms with E-state index >= 15 is 0 Å². The predicted molar refractivity (Wildman–Crippen MR) is 130 cm³/mol. The van der Waals surface area contributed by atoms with Crippen LogP contribution in [0.25, 0.3) is 0 Å². The van der Waals surface area contributed by atoms with Gasteiger partial charge in [-0.25, -0.2) is 0 Å². The molecule has 1 fully saturated rings. The minimum atomic E-state index is -4.89. The van der Waals surface area contributed by atoms with Gasteiger partial charge in [0.1, 0.15) is 5.75 Å². The number of sulfonamides is 1. The fraction of sp³-hybridized carbons (Fsp3) is 0.240. The third-order valence-electron chi connectivity index (χ3n) is 6.11. The Balaban J connectivity index is 1.38. The molecule has 12 heteroatoms. The lowest BCUT2D eigenvalue weighted by Gasteiger charge is -2.44. The summed E-state index contributed by atoms with van der Waals surface area (Å²) in [6.07, 6.45) is -4.72. The van der Waals surface area contributed by atoms with Gasteiger partial charge in [0.25, 0.3) is 10.0 Å². The van der Waals surface area contributed by atoms with Gasteiger partial charge in [-0.05, 0) is 48.5 Å². The zero-order chi connectivity index (χ0) is 26.2. The van der Waals surface area contributed by atoms with E-state index in [0.29, 0.717) is 18.0 Å². The lowest BCUT2D eigenvalue weighted by molar-refractivity contribution is -0.274. The number of aliphatic hydroxyl groups is 1. The smallest absolute Gasteiger partial charge is 0.453 e. The van der Waals surface area contributed by atoms with Crippen LogP contribution < -0.4 is 19.7 Å². The number of hydrogen-bond acceptors (Lipinski definition) is 7. The fourth-order valence-corrected chi connectivity index (χ4v) is 5.35. The lowest BCUT2D eigenvalue weighted by atomic mass is 9.91. The SMILES string of the molecule is O=S(=O)(N=CC1CNC[C@H](N2c3ccccc3Oc3ccccc32)[C@H]1O)c1ccc(OC(F)(F)F)cc1. The maximum Gasteiger partial charge on any atom is 0.573 e. The molecule has 0 radical (unpaired) electrons. The molecule has 2 heterocycles. The maximum absolute atomic E-state index is 12.7. The van der Waals surface area contributed by atoms with E-state index in [0.717, 1.165) is 41.9 Å². The van der Waals surface area contributed by atoms with Crippen molar-refractivity contribution < 1.29 is 36.2 Å². The number of nitrogens with one attached hydrogen (secondary N) is 1. The number of nitrogens with zero attached hydrogens (tertiary/aromatic N) is 2. The van der Waals surface area contributed by atoms with Crippen LogP contribution in [-0.2, 0) is 10.0 Å². The van der Waals surface area contributed by atoms with Crippen molar-refractivity contribution in [2.45, 2.75) is 23.4 Å². The highest BCUT2D eigenvalue weighted by Gasteiger charge is 2.39. The number of alkyl halides is 3. The largest absolute Gasteiger partial charge is 0.573 e. The van der Waals surface area contributed by atoms with Crippen LogP contribution in [0.15, 0.2) is 82.1 Å². The Kier molecular flexibility index (Phi) is 6.56. The third-order valence-corrected chi connectivity index (χ3v) is 7.38. The maximum atomic E-state index is 12.7. The molecule has 0 spiro atoms. The zero-order valence-electron chi connectivity index (χ0n) is 19.2. The molecule has 3 atom stereocenters. The summed E-state index contributed by atoms with van der Waals surface area (Å²) in [5, 5.41) is 14.5. The average Bonchev–Trinajstić information content (AvgIpc) is 2.86. The van der Waals surface area contributed by atoms with Crippen LogP contribution in [0.3, 0.4) is 0 Å². The number of halogens is 3. The monoisotopic (exact) mass is 533 g/mol. The fourth-order valence-electron chi connectivity index (χ4n) is 4.43. The summed E-state index contributed by atoms with van der Waals surface area (Å²) < 4.78 is 76.0. The predicted octanol–water partition coefficient (Wildman–Crippen LogP) is 4.24. The molecular weight excluding hydrogens is 511 g/mol. The Morgan fingerprint density at radius 1 is 0.973 bits per heavy atom. The molecule has 2 N–H and O–H groups in total. The first-order chi connectivity index (χ1) is 17.6. The Morgan fingerprint density at radius 3 is 2.16 bits per heavy atom. The second kappa shape index (κ2) is 9.69. The van der Waals surface area contributed by atoms with Gasteiger partial charge in [0, 0.05) is 25.2 Å². The summed E-state index contributed by atoms with van der Waals surface area (Å²) in [7, 11) is -4.22. The first kappa shape index (κ1) is 25.1. The van der Waals surface area contributed by atoms with Gasteiger partial charge in [0.2, 0.25) is 0 Å². The van der Waals surface area contributed by atoms with Crippen LogP contribution in [0, 0.1) is 5.92 Å². The molecule has 3 aromatic rings. The highest BCUT2D eigenvalue weighted by atomic mass is 32.2. The highest BCUT2D eigenvalue weighted by molar-refractivity contribution is 7.90. The molecule has 37 heavy (non-hydrogen) atoms. The molecule has 0 saturated carbocycles. The number of piperidine rings is 1. The van der Waals surface area contributed by atoms with Gasteiger partial charge in [-0.15, -0.1) is 13.2 Å². The quantitative estimate of drug-likeness (QED) is 0.474. The second-order valence-electron chi connectivity index (χ2n) is 8.54. The summed E-state index contributed by atoms with van der Waals surface area (Å²) in [5.41, 5.74) is 1.52. The van der Waals surface area contributed by atoms with Crippen molar-refractivity contribution in [2.75, 3.05) is 18.0 Å². The van der Waals surface area contributed by atoms with E-state index in [-0.39, 0.29) is 11.4 Å². The molecule has 0 amide bonds. The van der Waals surface area contributed by atoms with E-state index in [1.807, 2.05) is 53.4 Å². The number of aliphatic hydroxyl groups excluding tert-OH is 1. The molecule has 0 bridgehead atoms. The van der Waals surface area contributed by atoms with Crippen molar-refractivity contribution in [2.24, 2.45) is 10.3 Å². The highest BCUT2D eigenvalue weighted by Crippen LogP contribution is 2.48. The third kappa shape index (κ3) is 5.26. The minimum Gasteiger partial charge on any atom is -0.453 e. The number of fused-ring (bicyclic) bond motifs is 2. The molecule has 8 nitrogen and oxygen atoms in total. The van der Waals surface area contributed by atoms with Crippen molar-refractivity contribution in [3.8, 4) is 17.2 Å². The number of rotatable bonds is 5. The van der Waals surface area contributed by atoms with E-state index in [1.54, 1.807) is 0 Å². The molecule has 194 valence electrons. The molecule has 2 aliphatic heterocycles. The van der Waals surface area contributed by atoms with Crippen molar-refractivity contribution >= 4 is 27.6 Å². The number of benzene rings is 3. The molecule has 1 unspecified atom stereocenters. The normalized spacial score (nSPS) is 21.7. The number of para-hydroxylation sites is 4. The first-order valence-electron chi connectivity index (χ1n) is 11.3. The second-order valence-corrected chi connectivity index (χ2v) is 10.2. The summed E-state index contributed by atoms with van der Waals surface area (Å²) in [5.74, 6) is 0.0502. The first-order valence-corrected chi connectivity index (χ1v) is 12.8. The number of hydrogen-bond donors (Lipinski definition) is 2. The van der Waals surface area contributed by atoms with Gasteiger partial charge in [0.05, 0.1) is 28.4 Å². The summed E-state index contributed by atoms with van der Waals surface area (Å²) in [4.78, 5) is 1.67. The van der Waals surface area contributed by atoms with E-state index in [9.17, 15) is 26.7 Å². The van der Waals surface area contributed by atoms with Gasteiger partial charge < -0.3 is 24.8 Å². The van der Waals surface area contributed by atoms with Gasteiger partial charge >= 0.3 is 6.36 Å². The van der Waals surface area contributed by atoms with Crippen LogP contribution in [0.4, 0.5) is 24.5 Å². The van der Waals surface area contributed by atoms with Gasteiger partial charge in [-0.2, -0.15) is 12.8 Å². The van der Waals surface area contributed by atoms with Crippen LogP contribution in [0.5, 0.6) is 17.2 Å². The molecular formula is C25H22F3N3O5S. The van der Waals surface area contributed by atoms with Crippen LogP contribution in [0.2, 0.25) is 0 Å². The minimum absolute atomic E-state index is 0.280. The standard InChI is InChI=1S/C25H22F3N3O5S/c26-25(27,28)36-17-9-11-18(12-10-17)37(33,34)30-14-16-13-29-15-21(24(16)32)31-19-5-1-3-7-22(19)35-23-8-4-2-6-20(23)31/h1-12,14,16,21,24,29,32H,13,15H2/t16?,21-,24-/m0/s1. The Morgan fingerprint density at radius 2 is 1.57 bits per heavy atom. The summed E-state index contributed by atoms with van der Waals surface area (Å²) in [6, 6.07) is 18.1. The van der Waals surface area contributed by atoms with Gasteiger partial charge in [0.15, 0.2) is 11.5 Å². The summed E-state index contributed by atoms with van der Waals surface area (Å²) >= 11 is 0. The number of ether oxygens (including phenoxy) is 2. The zero-order valence-corrected chi connectivity index (χ0v) is 20.0.